The number of aryl methyl sites for hydroxylation is 1. The summed E-state index contributed by atoms with van der Waals surface area (Å²) in [4.78, 5) is 6.97. The van der Waals surface area contributed by atoms with Crippen LogP contribution in [0.2, 0.25) is 0 Å². The second-order valence-electron chi connectivity index (χ2n) is 5.53. The van der Waals surface area contributed by atoms with Crippen molar-refractivity contribution in [2.24, 2.45) is 5.14 Å². The SMILES string of the molecule is Cc1cc(-c2nc(C(F)(F)F)nn2-c2ccc(S(N)(=O)=O)cn2)ccc1F. The minimum absolute atomic E-state index is 0.123. The van der Waals surface area contributed by atoms with Crippen LogP contribution >= 0.6 is 0 Å². The van der Waals surface area contributed by atoms with E-state index in [9.17, 15) is 26.0 Å². The Morgan fingerprint density at radius 1 is 1.15 bits per heavy atom. The monoisotopic (exact) mass is 401 g/mol. The number of nitrogens with two attached hydrogens (primary N) is 1. The Morgan fingerprint density at radius 2 is 1.85 bits per heavy atom. The van der Waals surface area contributed by atoms with Gasteiger partial charge in [-0.2, -0.15) is 17.9 Å². The zero-order chi connectivity index (χ0) is 20.0. The molecule has 0 spiro atoms. The first-order valence-corrected chi connectivity index (χ1v) is 8.81. The van der Waals surface area contributed by atoms with Gasteiger partial charge in [-0.1, -0.05) is 0 Å². The molecule has 12 heteroatoms. The summed E-state index contributed by atoms with van der Waals surface area (Å²) in [6.07, 6.45) is -3.94. The molecule has 1 aromatic carbocycles. The number of nitrogens with zero attached hydrogens (tertiary/aromatic N) is 4. The van der Waals surface area contributed by atoms with Crippen molar-refractivity contribution < 1.29 is 26.0 Å². The average molecular weight is 401 g/mol. The number of alkyl halides is 3. The van der Waals surface area contributed by atoms with Crippen molar-refractivity contribution in [2.45, 2.75) is 18.0 Å². The summed E-state index contributed by atoms with van der Waals surface area (Å²) in [5.74, 6) is -2.31. The summed E-state index contributed by atoms with van der Waals surface area (Å²) in [5, 5.41) is 8.39. The summed E-state index contributed by atoms with van der Waals surface area (Å²) < 4.78 is 76.0. The lowest BCUT2D eigenvalue weighted by molar-refractivity contribution is -0.144. The molecule has 27 heavy (non-hydrogen) atoms. The molecule has 2 heterocycles. The second-order valence-corrected chi connectivity index (χ2v) is 7.09. The van der Waals surface area contributed by atoms with E-state index in [4.69, 9.17) is 5.14 Å². The van der Waals surface area contributed by atoms with Gasteiger partial charge in [-0.25, -0.2) is 27.9 Å². The number of primary sulfonamides is 1. The third-order valence-electron chi connectivity index (χ3n) is 3.54. The van der Waals surface area contributed by atoms with E-state index in [1.807, 2.05) is 0 Å². The van der Waals surface area contributed by atoms with Crippen LogP contribution in [0, 0.1) is 12.7 Å². The van der Waals surface area contributed by atoms with Gasteiger partial charge in [0.1, 0.15) is 10.7 Å². The van der Waals surface area contributed by atoms with Crippen molar-refractivity contribution in [1.82, 2.24) is 19.7 Å². The van der Waals surface area contributed by atoms with Crippen LogP contribution in [0.15, 0.2) is 41.4 Å². The Labute approximate surface area is 150 Å². The molecule has 0 amide bonds. The first-order valence-electron chi connectivity index (χ1n) is 7.27. The molecule has 0 aliphatic carbocycles. The van der Waals surface area contributed by atoms with Crippen molar-refractivity contribution in [3.05, 3.63) is 53.7 Å². The molecule has 0 fully saturated rings. The molecule has 3 aromatic rings. The highest BCUT2D eigenvalue weighted by Gasteiger charge is 2.37. The van der Waals surface area contributed by atoms with Gasteiger partial charge in [0.25, 0.3) is 5.82 Å². The molecule has 3 rings (SSSR count). The van der Waals surface area contributed by atoms with Crippen molar-refractivity contribution in [3.8, 4) is 17.2 Å². The minimum Gasteiger partial charge on any atom is -0.236 e. The fraction of sp³-hybridized carbons (Fsp3) is 0.133. The summed E-state index contributed by atoms with van der Waals surface area (Å²) in [7, 11) is -4.02. The Balaban J connectivity index is 2.19. The maximum atomic E-state index is 13.5. The van der Waals surface area contributed by atoms with Crippen molar-refractivity contribution in [1.29, 1.82) is 0 Å². The predicted octanol–water partition coefficient (Wildman–Crippen LogP) is 2.44. The van der Waals surface area contributed by atoms with Gasteiger partial charge < -0.3 is 0 Å². The molecule has 0 radical (unpaired) electrons. The standard InChI is InChI=1S/C15H11F4N5O2S/c1-8-6-9(2-4-11(8)16)13-22-14(15(17,18)19)23-24(13)12-5-3-10(7-21-12)27(20,25)26/h2-7H,1H3,(H2,20,25,26). The summed E-state index contributed by atoms with van der Waals surface area (Å²) in [6.45, 7) is 1.45. The van der Waals surface area contributed by atoms with Gasteiger partial charge in [0.05, 0.1) is 0 Å². The van der Waals surface area contributed by atoms with Crippen LogP contribution < -0.4 is 5.14 Å². The van der Waals surface area contributed by atoms with E-state index in [0.29, 0.717) is 0 Å². The second kappa shape index (κ2) is 6.39. The molecule has 2 aromatic heterocycles. The molecular formula is C15H11F4N5O2S. The van der Waals surface area contributed by atoms with Crippen molar-refractivity contribution in [2.75, 3.05) is 0 Å². The molecule has 0 atom stereocenters. The molecule has 0 bridgehead atoms. The third-order valence-corrected chi connectivity index (χ3v) is 4.44. The Morgan fingerprint density at radius 3 is 2.37 bits per heavy atom. The number of halogens is 4. The van der Waals surface area contributed by atoms with E-state index in [1.54, 1.807) is 0 Å². The van der Waals surface area contributed by atoms with Gasteiger partial charge in [0, 0.05) is 11.8 Å². The normalized spacial score (nSPS) is 12.4. The molecule has 0 saturated carbocycles. The van der Waals surface area contributed by atoms with Crippen LogP contribution in [-0.4, -0.2) is 28.2 Å². The summed E-state index contributed by atoms with van der Waals surface area (Å²) in [6, 6.07) is 5.87. The number of pyridine rings is 1. The predicted molar refractivity (Wildman–Crippen MR) is 85.7 cm³/mol. The highest BCUT2D eigenvalue weighted by Crippen LogP contribution is 2.30. The topological polar surface area (TPSA) is 104 Å². The number of hydrogen-bond acceptors (Lipinski definition) is 5. The first-order chi connectivity index (χ1) is 12.5. The van der Waals surface area contributed by atoms with Crippen LogP contribution in [0.4, 0.5) is 17.6 Å². The molecule has 7 nitrogen and oxygen atoms in total. The molecule has 2 N–H and O–H groups in total. The fourth-order valence-electron chi connectivity index (χ4n) is 2.23. The number of aromatic nitrogens is 4. The highest BCUT2D eigenvalue weighted by atomic mass is 32.2. The van der Waals surface area contributed by atoms with Crippen LogP contribution in [-0.2, 0) is 16.2 Å². The molecule has 142 valence electrons. The van der Waals surface area contributed by atoms with Gasteiger partial charge in [-0.3, -0.25) is 0 Å². The maximum Gasteiger partial charge on any atom is 0.453 e. The van der Waals surface area contributed by atoms with Gasteiger partial charge in [-0.15, -0.1) is 5.10 Å². The van der Waals surface area contributed by atoms with E-state index in [2.05, 4.69) is 15.1 Å². The summed E-state index contributed by atoms with van der Waals surface area (Å²) >= 11 is 0. The minimum atomic E-state index is -4.82. The van der Waals surface area contributed by atoms with Gasteiger partial charge >= 0.3 is 6.18 Å². The average Bonchev–Trinajstić information content (AvgIpc) is 3.02. The molecule has 0 saturated heterocycles. The van der Waals surface area contributed by atoms with Gasteiger partial charge in [-0.05, 0) is 42.8 Å². The zero-order valence-corrected chi connectivity index (χ0v) is 14.4. The number of hydrogen-bond donors (Lipinski definition) is 1. The lowest BCUT2D eigenvalue weighted by Gasteiger charge is -2.07. The Bertz CT molecular complexity index is 1110. The number of sulfonamides is 1. The smallest absolute Gasteiger partial charge is 0.236 e. The highest BCUT2D eigenvalue weighted by molar-refractivity contribution is 7.89. The van der Waals surface area contributed by atoms with Crippen molar-refractivity contribution >= 4 is 10.0 Å². The number of benzene rings is 1. The fourth-order valence-corrected chi connectivity index (χ4v) is 2.69. The lowest BCUT2D eigenvalue weighted by atomic mass is 10.1. The van der Waals surface area contributed by atoms with E-state index in [1.165, 1.54) is 19.1 Å². The van der Waals surface area contributed by atoms with Crippen LogP contribution in [0.3, 0.4) is 0 Å². The van der Waals surface area contributed by atoms with Crippen LogP contribution in [0.1, 0.15) is 11.4 Å². The third kappa shape index (κ3) is 3.80. The molecule has 0 aliphatic rings. The molecule has 0 unspecified atom stereocenters. The maximum absolute atomic E-state index is 13.5. The summed E-state index contributed by atoms with van der Waals surface area (Å²) in [5.41, 5.74) is 0.377. The Kier molecular flexibility index (Phi) is 4.48. The largest absolute Gasteiger partial charge is 0.453 e. The zero-order valence-electron chi connectivity index (χ0n) is 13.6. The lowest BCUT2D eigenvalue weighted by Crippen LogP contribution is -2.13. The first kappa shape index (κ1) is 18.9. The molecule has 0 aliphatic heterocycles. The van der Waals surface area contributed by atoms with E-state index < -0.39 is 27.8 Å². The van der Waals surface area contributed by atoms with Crippen molar-refractivity contribution in [3.63, 3.8) is 0 Å². The van der Waals surface area contributed by atoms with Crippen LogP contribution in [0.25, 0.3) is 17.2 Å². The van der Waals surface area contributed by atoms with E-state index >= 15 is 0 Å². The van der Waals surface area contributed by atoms with Crippen LogP contribution in [0.5, 0.6) is 0 Å². The van der Waals surface area contributed by atoms with E-state index in [-0.39, 0.29) is 27.7 Å². The quantitative estimate of drug-likeness (QED) is 0.679. The Hall–Kier alpha value is -2.86. The van der Waals surface area contributed by atoms with E-state index in [0.717, 1.165) is 29.1 Å². The number of rotatable bonds is 3. The van der Waals surface area contributed by atoms with Gasteiger partial charge in [0.2, 0.25) is 10.0 Å². The van der Waals surface area contributed by atoms with Gasteiger partial charge in [0.15, 0.2) is 11.6 Å². The molecular weight excluding hydrogens is 390 g/mol.